The Labute approximate surface area is 205 Å². The second-order valence-corrected chi connectivity index (χ2v) is 8.85. The molecule has 2 heteroatoms. The molecule has 0 N–H and O–H groups in total. The molecule has 34 heavy (non-hydrogen) atoms. The van der Waals surface area contributed by atoms with E-state index in [2.05, 4.69) is 37.5 Å². The molecular formula is C32H38F2. The molecular weight excluding hydrogens is 422 g/mol. The van der Waals surface area contributed by atoms with Crippen molar-refractivity contribution in [2.45, 2.75) is 90.9 Å². The zero-order valence-corrected chi connectivity index (χ0v) is 20.9. The smallest absolute Gasteiger partial charge is 0.193 e. The van der Waals surface area contributed by atoms with E-state index in [1.165, 1.54) is 75.3 Å². The lowest BCUT2D eigenvalue weighted by Gasteiger charge is -2.01. The summed E-state index contributed by atoms with van der Waals surface area (Å²) in [5.41, 5.74) is 3.82. The first-order chi connectivity index (χ1) is 16.6. The van der Waals surface area contributed by atoms with Gasteiger partial charge in [0.1, 0.15) is 0 Å². The highest BCUT2D eigenvalue weighted by molar-refractivity contribution is 5.45. The maximum atomic E-state index is 14.1. The van der Waals surface area contributed by atoms with Crippen molar-refractivity contribution in [2.24, 2.45) is 0 Å². The van der Waals surface area contributed by atoms with Gasteiger partial charge in [-0.05, 0) is 72.9 Å². The summed E-state index contributed by atoms with van der Waals surface area (Å²) in [6.07, 6.45) is 14.6. The zero-order valence-electron chi connectivity index (χ0n) is 20.9. The monoisotopic (exact) mass is 460 g/mol. The highest BCUT2D eigenvalue weighted by Gasteiger charge is 2.00. The van der Waals surface area contributed by atoms with E-state index in [1.807, 2.05) is 48.5 Å². The van der Waals surface area contributed by atoms with Crippen LogP contribution in [0.5, 0.6) is 0 Å². The maximum Gasteiger partial charge on any atom is 0.217 e. The first-order valence-electron chi connectivity index (χ1n) is 12.9. The van der Waals surface area contributed by atoms with Gasteiger partial charge >= 0.3 is 0 Å². The van der Waals surface area contributed by atoms with Crippen LogP contribution in [0.3, 0.4) is 0 Å². The molecule has 0 unspecified atom stereocenters. The fraction of sp³-hybridized carbons (Fsp3) is 0.438. The Balaban J connectivity index is 1.86. The summed E-state index contributed by atoms with van der Waals surface area (Å²) < 4.78 is 28.1. The first kappa shape index (κ1) is 27.4. The molecule has 0 saturated heterocycles. The Hall–Kier alpha value is -2.84. The highest BCUT2D eigenvalue weighted by Crippen LogP contribution is 2.13. The number of aryl methyl sites for hydroxylation is 2. The molecule has 0 aliphatic carbocycles. The predicted octanol–water partition coefficient (Wildman–Crippen LogP) is 9.27. The fourth-order valence-corrected chi connectivity index (χ4v) is 3.74. The van der Waals surface area contributed by atoms with Crippen molar-refractivity contribution < 1.29 is 8.78 Å². The molecule has 0 radical (unpaired) electrons. The molecule has 0 aliphatic heterocycles. The normalized spacial score (nSPS) is 11.2. The van der Waals surface area contributed by atoms with Crippen LogP contribution in [0.15, 0.2) is 60.2 Å². The Kier molecular flexibility index (Phi) is 13.5. The summed E-state index contributed by atoms with van der Waals surface area (Å²) in [5.74, 6) is 7.62. The summed E-state index contributed by atoms with van der Waals surface area (Å²) in [5, 5.41) is 0. The van der Waals surface area contributed by atoms with Gasteiger partial charge in [0.2, 0.25) is 11.7 Å². The lowest BCUT2D eigenvalue weighted by atomic mass is 10.0. The number of allylic oxidation sites excluding steroid dienone is 2. The third-order valence-corrected chi connectivity index (χ3v) is 5.87. The van der Waals surface area contributed by atoms with Crippen LogP contribution in [-0.4, -0.2) is 0 Å². The molecule has 180 valence electrons. The Bertz CT molecular complexity index is 906. The lowest BCUT2D eigenvalue weighted by Crippen LogP contribution is -1.87. The molecule has 0 aliphatic rings. The van der Waals surface area contributed by atoms with Crippen LogP contribution < -0.4 is 0 Å². The number of rotatable bonds is 12. The van der Waals surface area contributed by atoms with Crippen molar-refractivity contribution in [3.05, 3.63) is 82.4 Å². The van der Waals surface area contributed by atoms with Crippen molar-refractivity contribution in [3.63, 3.8) is 0 Å². The number of hydrogen-bond donors (Lipinski definition) is 0. The van der Waals surface area contributed by atoms with Crippen LogP contribution in [0.2, 0.25) is 0 Å². The van der Waals surface area contributed by atoms with E-state index < -0.39 is 11.7 Å². The predicted molar refractivity (Wildman–Crippen MR) is 141 cm³/mol. The molecule has 0 fully saturated rings. The van der Waals surface area contributed by atoms with E-state index >= 15 is 0 Å². The van der Waals surface area contributed by atoms with Crippen LogP contribution in [0.1, 0.15) is 100 Å². The van der Waals surface area contributed by atoms with Crippen molar-refractivity contribution in [1.29, 1.82) is 0 Å². The number of benzene rings is 2. The zero-order chi connectivity index (χ0) is 24.4. The average molecular weight is 461 g/mol. The minimum atomic E-state index is -1.13. The molecule has 0 amide bonds. The average Bonchev–Trinajstić information content (AvgIpc) is 2.87. The molecule has 0 spiro atoms. The van der Waals surface area contributed by atoms with Gasteiger partial charge in [0.15, 0.2) is 0 Å². The minimum Gasteiger partial charge on any atom is -0.193 e. The second kappa shape index (κ2) is 16.7. The van der Waals surface area contributed by atoms with E-state index in [4.69, 9.17) is 0 Å². The molecule has 2 aromatic rings. The number of unbranched alkanes of at least 4 members (excludes halogenated alkanes) is 8. The van der Waals surface area contributed by atoms with E-state index in [-0.39, 0.29) is 0 Å². The van der Waals surface area contributed by atoms with E-state index in [1.54, 1.807) is 0 Å². The van der Waals surface area contributed by atoms with Crippen LogP contribution in [0.25, 0.3) is 0 Å². The Morgan fingerprint density at radius 3 is 1.24 bits per heavy atom. The summed E-state index contributed by atoms with van der Waals surface area (Å²) in [6.45, 7) is 4.43. The molecule has 0 bridgehead atoms. The van der Waals surface area contributed by atoms with Gasteiger partial charge in [-0.1, -0.05) is 101 Å². The third-order valence-electron chi connectivity index (χ3n) is 5.87. The highest BCUT2D eigenvalue weighted by atomic mass is 19.2. The molecule has 0 heterocycles. The Morgan fingerprint density at radius 2 is 0.882 bits per heavy atom. The summed E-state index contributed by atoms with van der Waals surface area (Å²) in [7, 11) is 0. The topological polar surface area (TPSA) is 0 Å². The third kappa shape index (κ3) is 11.3. The quantitative estimate of drug-likeness (QED) is 0.219. The summed E-state index contributed by atoms with van der Waals surface area (Å²) in [6, 6.07) is 15.5. The van der Waals surface area contributed by atoms with Crippen LogP contribution in [0, 0.1) is 23.7 Å². The van der Waals surface area contributed by atoms with Gasteiger partial charge in [0.05, 0.1) is 0 Å². The van der Waals surface area contributed by atoms with Crippen molar-refractivity contribution in [2.75, 3.05) is 0 Å². The van der Waals surface area contributed by atoms with Crippen molar-refractivity contribution >= 4 is 0 Å². The van der Waals surface area contributed by atoms with Crippen molar-refractivity contribution in [3.8, 4) is 23.7 Å². The molecule has 2 aromatic carbocycles. The van der Waals surface area contributed by atoms with Crippen LogP contribution >= 0.6 is 0 Å². The van der Waals surface area contributed by atoms with Gasteiger partial charge in [-0.15, -0.1) is 0 Å². The van der Waals surface area contributed by atoms with E-state index in [0.29, 0.717) is 11.1 Å². The largest absolute Gasteiger partial charge is 0.217 e. The summed E-state index contributed by atoms with van der Waals surface area (Å²) in [4.78, 5) is 0. The summed E-state index contributed by atoms with van der Waals surface area (Å²) >= 11 is 0. The van der Waals surface area contributed by atoms with Gasteiger partial charge in [0.25, 0.3) is 0 Å². The fourth-order valence-electron chi connectivity index (χ4n) is 3.74. The van der Waals surface area contributed by atoms with Gasteiger partial charge in [-0.25, -0.2) is 0 Å². The number of hydrogen-bond acceptors (Lipinski definition) is 0. The van der Waals surface area contributed by atoms with Crippen molar-refractivity contribution in [1.82, 2.24) is 0 Å². The molecule has 0 aromatic heterocycles. The van der Waals surface area contributed by atoms with Gasteiger partial charge < -0.3 is 0 Å². The van der Waals surface area contributed by atoms with Crippen LogP contribution in [0.4, 0.5) is 8.78 Å². The molecule has 2 rings (SSSR count). The van der Waals surface area contributed by atoms with E-state index in [0.717, 1.165) is 12.8 Å². The molecule has 0 nitrogen and oxygen atoms in total. The van der Waals surface area contributed by atoms with Crippen LogP contribution in [-0.2, 0) is 12.8 Å². The first-order valence-corrected chi connectivity index (χ1v) is 12.9. The number of halogens is 2. The molecule has 0 saturated carbocycles. The second-order valence-electron chi connectivity index (χ2n) is 8.85. The molecule has 0 atom stereocenters. The minimum absolute atomic E-state index is 0.663. The standard InChI is InChI=1S/C32H38F2/c1-3-5-7-9-11-13-27-15-19-29(20-16-27)23-25-31(33)32(34)26-24-30-21-17-28(18-22-30)14-12-10-8-6-4-2/h15-22H,3-14H2,1-2H3. The van der Waals surface area contributed by atoms with Gasteiger partial charge in [-0.3, -0.25) is 0 Å². The lowest BCUT2D eigenvalue weighted by molar-refractivity contribution is 0.584. The van der Waals surface area contributed by atoms with E-state index in [9.17, 15) is 8.78 Å². The SMILES string of the molecule is CCCCCCCc1ccc(C#CC(F)=C(F)C#Cc2ccc(CCCCCCC)cc2)cc1. The Morgan fingerprint density at radius 1 is 0.529 bits per heavy atom. The van der Waals surface area contributed by atoms with Gasteiger partial charge in [0, 0.05) is 11.1 Å². The maximum absolute atomic E-state index is 14.1. The van der Waals surface area contributed by atoms with Gasteiger partial charge in [-0.2, -0.15) is 8.78 Å².